The zero-order valence-corrected chi connectivity index (χ0v) is 19.5. The van der Waals surface area contributed by atoms with Crippen molar-refractivity contribution < 1.29 is 14.6 Å². The van der Waals surface area contributed by atoms with Gasteiger partial charge in [0.2, 0.25) is 0 Å². The summed E-state index contributed by atoms with van der Waals surface area (Å²) in [7, 11) is 1.71. The zero-order chi connectivity index (χ0) is 23.3. The van der Waals surface area contributed by atoms with Crippen molar-refractivity contribution in [2.75, 3.05) is 43.6 Å². The van der Waals surface area contributed by atoms with Crippen LogP contribution in [0.3, 0.4) is 0 Å². The summed E-state index contributed by atoms with van der Waals surface area (Å²) >= 11 is 0. The van der Waals surface area contributed by atoms with Crippen LogP contribution >= 0.6 is 0 Å². The number of hydrogen-bond acceptors (Lipinski definition) is 9. The molecule has 1 aromatic carbocycles. The van der Waals surface area contributed by atoms with Crippen LogP contribution in [0.5, 0.6) is 5.75 Å². The number of aliphatic hydroxyl groups excluding tert-OH is 1. The van der Waals surface area contributed by atoms with E-state index >= 15 is 0 Å². The largest absolute Gasteiger partial charge is 0.488 e. The Kier molecular flexibility index (Phi) is 7.03. The highest BCUT2D eigenvalue weighted by molar-refractivity contribution is 5.85. The van der Waals surface area contributed by atoms with Crippen LogP contribution in [-0.4, -0.2) is 65.6 Å². The van der Waals surface area contributed by atoms with Crippen LogP contribution in [0.4, 0.5) is 11.5 Å². The van der Waals surface area contributed by atoms with Gasteiger partial charge in [0.15, 0.2) is 0 Å². The van der Waals surface area contributed by atoms with Crippen LogP contribution in [0.2, 0.25) is 0 Å². The van der Waals surface area contributed by atoms with Gasteiger partial charge < -0.3 is 24.8 Å². The average Bonchev–Trinajstić information content (AvgIpc) is 2.90. The summed E-state index contributed by atoms with van der Waals surface area (Å²) < 4.78 is 12.0. The first-order valence-electron chi connectivity index (χ1n) is 12.0. The Labute approximate surface area is 199 Å². The highest BCUT2D eigenvalue weighted by Crippen LogP contribution is 2.33. The number of aromatic nitrogens is 3. The molecule has 34 heavy (non-hydrogen) atoms. The van der Waals surface area contributed by atoms with Gasteiger partial charge in [0.1, 0.15) is 23.3 Å². The van der Waals surface area contributed by atoms with Crippen molar-refractivity contribution in [2.45, 2.75) is 44.1 Å². The van der Waals surface area contributed by atoms with E-state index in [-0.39, 0.29) is 6.10 Å². The van der Waals surface area contributed by atoms with Gasteiger partial charge in [-0.3, -0.25) is 10.3 Å². The third kappa shape index (κ3) is 5.22. The molecule has 9 heteroatoms. The van der Waals surface area contributed by atoms with Crippen molar-refractivity contribution in [3.8, 4) is 5.75 Å². The molecule has 1 aliphatic carbocycles. The first-order chi connectivity index (χ1) is 16.7. The Morgan fingerprint density at radius 1 is 1.06 bits per heavy atom. The number of ether oxygens (including phenoxy) is 2. The highest BCUT2D eigenvalue weighted by Gasteiger charge is 2.24. The van der Waals surface area contributed by atoms with Crippen molar-refractivity contribution in [1.29, 1.82) is 0 Å². The fraction of sp³-hybridized carbons (Fsp3) is 0.480. The molecule has 1 saturated heterocycles. The zero-order valence-electron chi connectivity index (χ0n) is 19.5. The maximum absolute atomic E-state index is 9.85. The second kappa shape index (κ2) is 10.5. The second-order valence-corrected chi connectivity index (χ2v) is 8.87. The lowest BCUT2D eigenvalue weighted by Crippen LogP contribution is -2.36. The smallest absolute Gasteiger partial charge is 0.149 e. The van der Waals surface area contributed by atoms with Crippen LogP contribution in [0.1, 0.15) is 37.5 Å². The van der Waals surface area contributed by atoms with E-state index in [2.05, 4.69) is 42.6 Å². The van der Waals surface area contributed by atoms with Crippen LogP contribution in [0.25, 0.3) is 11.0 Å². The summed E-state index contributed by atoms with van der Waals surface area (Å²) in [5, 5.41) is 16.2. The number of benzene rings is 1. The summed E-state index contributed by atoms with van der Waals surface area (Å²) in [5.41, 5.74) is 3.53. The number of hydrogen-bond donors (Lipinski definition) is 3. The number of rotatable bonds is 7. The Morgan fingerprint density at radius 3 is 2.59 bits per heavy atom. The van der Waals surface area contributed by atoms with Crippen molar-refractivity contribution in [3.05, 3.63) is 48.4 Å². The molecule has 0 spiro atoms. The molecule has 0 bridgehead atoms. The number of aliphatic hydroxyl groups is 1. The fourth-order valence-corrected chi connectivity index (χ4v) is 4.66. The molecule has 3 aromatic rings. The lowest BCUT2D eigenvalue weighted by atomic mass is 9.93. The van der Waals surface area contributed by atoms with Gasteiger partial charge in [-0.2, -0.15) is 0 Å². The van der Waals surface area contributed by atoms with Gasteiger partial charge >= 0.3 is 0 Å². The standard InChI is InChI=1S/C25H32N6O3/c1-26-25(32)17-2-7-23(29-16-17)30-18-3-5-20(6-4-18)34-22-15-19(31-10-12-33-13-11-31)14-21-24(22)28-9-8-27-21/h2,7-9,14-16,18,20,25-26,32H,3-6,10-13H2,1H3,(H,29,30). The maximum Gasteiger partial charge on any atom is 0.149 e. The third-order valence-electron chi connectivity index (χ3n) is 6.60. The van der Waals surface area contributed by atoms with E-state index in [1.807, 2.05) is 12.1 Å². The molecule has 9 nitrogen and oxygen atoms in total. The first-order valence-corrected chi connectivity index (χ1v) is 12.0. The summed E-state index contributed by atoms with van der Waals surface area (Å²) in [4.78, 5) is 15.9. The number of anilines is 2. The minimum Gasteiger partial charge on any atom is -0.488 e. The van der Waals surface area contributed by atoms with Crippen molar-refractivity contribution in [3.63, 3.8) is 0 Å². The summed E-state index contributed by atoms with van der Waals surface area (Å²) in [6, 6.07) is 8.36. The minimum absolute atomic E-state index is 0.143. The van der Waals surface area contributed by atoms with Crippen molar-refractivity contribution in [1.82, 2.24) is 20.3 Å². The van der Waals surface area contributed by atoms with E-state index in [1.54, 1.807) is 25.6 Å². The maximum atomic E-state index is 9.85. The minimum atomic E-state index is -0.698. The number of fused-ring (bicyclic) bond motifs is 1. The Hall–Kier alpha value is -3.01. The Bertz CT molecular complexity index is 1080. The van der Waals surface area contributed by atoms with Crippen molar-refractivity contribution in [2.24, 2.45) is 0 Å². The average molecular weight is 465 g/mol. The van der Waals surface area contributed by atoms with Gasteiger partial charge in [-0.15, -0.1) is 0 Å². The van der Waals surface area contributed by atoms with Gasteiger partial charge in [0.25, 0.3) is 0 Å². The van der Waals surface area contributed by atoms with E-state index < -0.39 is 6.23 Å². The van der Waals surface area contributed by atoms with Crippen LogP contribution in [0.15, 0.2) is 42.9 Å². The molecule has 3 heterocycles. The number of pyridine rings is 1. The fourth-order valence-electron chi connectivity index (χ4n) is 4.66. The quantitative estimate of drug-likeness (QED) is 0.455. The molecule has 180 valence electrons. The highest BCUT2D eigenvalue weighted by atomic mass is 16.5. The molecule has 0 amide bonds. The molecule has 2 aromatic heterocycles. The molecule has 1 aliphatic heterocycles. The molecule has 1 saturated carbocycles. The molecule has 2 fully saturated rings. The molecule has 1 atom stereocenters. The molecule has 2 aliphatic rings. The predicted molar refractivity (Wildman–Crippen MR) is 131 cm³/mol. The van der Waals surface area contributed by atoms with Gasteiger partial charge in [-0.1, -0.05) is 0 Å². The van der Waals surface area contributed by atoms with E-state index in [1.165, 1.54) is 0 Å². The Balaban J connectivity index is 1.22. The molecular formula is C25H32N6O3. The van der Waals surface area contributed by atoms with Gasteiger partial charge in [0, 0.05) is 55.0 Å². The van der Waals surface area contributed by atoms with Gasteiger partial charge in [-0.05, 0) is 50.9 Å². The molecule has 5 rings (SSSR count). The van der Waals surface area contributed by atoms with Crippen LogP contribution < -0.4 is 20.3 Å². The summed E-state index contributed by atoms with van der Waals surface area (Å²) in [5.74, 6) is 1.64. The van der Waals surface area contributed by atoms with E-state index in [0.717, 1.165) is 85.8 Å². The normalized spacial score (nSPS) is 21.9. The summed E-state index contributed by atoms with van der Waals surface area (Å²) in [6.07, 6.45) is 8.51. The van der Waals surface area contributed by atoms with E-state index in [9.17, 15) is 5.11 Å². The summed E-state index contributed by atoms with van der Waals surface area (Å²) in [6.45, 7) is 3.20. The number of nitrogens with zero attached hydrogens (tertiary/aromatic N) is 4. The molecule has 3 N–H and O–H groups in total. The Morgan fingerprint density at radius 2 is 1.85 bits per heavy atom. The molecular weight excluding hydrogens is 432 g/mol. The van der Waals surface area contributed by atoms with Gasteiger partial charge in [0.05, 0.1) is 24.8 Å². The number of morpholine rings is 1. The predicted octanol–water partition coefficient (Wildman–Crippen LogP) is 2.87. The monoisotopic (exact) mass is 464 g/mol. The first kappa shape index (κ1) is 22.8. The van der Waals surface area contributed by atoms with Crippen LogP contribution in [-0.2, 0) is 4.74 Å². The topological polar surface area (TPSA) is 105 Å². The SMILES string of the molecule is CNC(O)c1ccc(NC2CCC(Oc3cc(N4CCOCC4)cc4nccnc34)CC2)nc1. The third-order valence-corrected chi connectivity index (χ3v) is 6.60. The van der Waals surface area contributed by atoms with Gasteiger partial charge in [-0.25, -0.2) is 9.97 Å². The van der Waals surface area contributed by atoms with Crippen molar-refractivity contribution >= 4 is 22.5 Å². The number of nitrogens with one attached hydrogen (secondary N) is 2. The molecule has 0 radical (unpaired) electrons. The van der Waals surface area contributed by atoms with E-state index in [0.29, 0.717) is 6.04 Å². The molecule has 1 unspecified atom stereocenters. The lowest BCUT2D eigenvalue weighted by Gasteiger charge is -2.31. The lowest BCUT2D eigenvalue weighted by molar-refractivity contribution is 0.122. The second-order valence-electron chi connectivity index (χ2n) is 8.87. The van der Waals surface area contributed by atoms with Crippen LogP contribution in [0, 0.1) is 0 Å². The van der Waals surface area contributed by atoms with E-state index in [4.69, 9.17) is 9.47 Å².